The minimum absolute atomic E-state index is 0.534. The number of rotatable bonds is 5. The van der Waals surface area contributed by atoms with Gasteiger partial charge >= 0.3 is 0 Å². The summed E-state index contributed by atoms with van der Waals surface area (Å²) in [6, 6.07) is 2.04. The van der Waals surface area contributed by atoms with Gasteiger partial charge in [0.05, 0.1) is 17.9 Å². The van der Waals surface area contributed by atoms with Crippen LogP contribution in [0.5, 0.6) is 0 Å². The van der Waals surface area contributed by atoms with Crippen LogP contribution in [-0.2, 0) is 19.6 Å². The van der Waals surface area contributed by atoms with Gasteiger partial charge in [-0.15, -0.1) is 0 Å². The molecule has 0 spiro atoms. The van der Waals surface area contributed by atoms with Gasteiger partial charge < -0.3 is 15.0 Å². The molecule has 0 saturated heterocycles. The number of nitrogens with one attached hydrogen (secondary N) is 1. The van der Waals surface area contributed by atoms with Crippen molar-refractivity contribution in [3.63, 3.8) is 0 Å². The van der Waals surface area contributed by atoms with Crippen LogP contribution in [0.2, 0.25) is 0 Å². The molecule has 3 rings (SSSR count). The number of hydrogen-bond donors (Lipinski definition) is 2. The van der Waals surface area contributed by atoms with Crippen LogP contribution in [0.25, 0.3) is 0 Å². The van der Waals surface area contributed by atoms with Gasteiger partial charge in [-0.25, -0.2) is 4.98 Å². The van der Waals surface area contributed by atoms with Gasteiger partial charge in [0.2, 0.25) is 0 Å². The summed E-state index contributed by atoms with van der Waals surface area (Å²) in [6.07, 6.45) is 4.16. The first-order chi connectivity index (χ1) is 10.6. The molecule has 0 radical (unpaired) electrons. The Kier molecular flexibility index (Phi) is 4.56. The molecule has 1 aliphatic rings. The van der Waals surface area contributed by atoms with Crippen molar-refractivity contribution in [2.45, 2.75) is 32.2 Å². The number of aromatic amines is 1. The van der Waals surface area contributed by atoms with Gasteiger partial charge in [-0.05, 0) is 26.6 Å². The molecule has 1 atom stereocenters. The molecule has 2 N–H and O–H groups in total. The Balaban J connectivity index is 1.71. The normalized spacial score (nSPS) is 17.5. The van der Waals surface area contributed by atoms with E-state index in [2.05, 4.69) is 20.0 Å². The van der Waals surface area contributed by atoms with Crippen molar-refractivity contribution in [3.05, 3.63) is 35.7 Å². The molecule has 2 aromatic rings. The fourth-order valence-corrected chi connectivity index (χ4v) is 2.88. The fraction of sp³-hybridized carbons (Fsp3) is 0.600. The van der Waals surface area contributed by atoms with E-state index >= 15 is 0 Å². The number of aliphatic hydroxyl groups excluding tert-OH is 1. The van der Waals surface area contributed by atoms with Crippen LogP contribution in [0.3, 0.4) is 0 Å². The lowest BCUT2D eigenvalue weighted by atomic mass is 10.2. The zero-order valence-corrected chi connectivity index (χ0v) is 13.2. The van der Waals surface area contributed by atoms with Crippen LogP contribution in [0.4, 0.5) is 0 Å². The Bertz CT molecular complexity index is 591. The molecule has 7 heteroatoms. The number of aliphatic hydroxyl groups is 1. The monoisotopic (exact) mass is 304 g/mol. The van der Waals surface area contributed by atoms with E-state index in [9.17, 15) is 5.11 Å². The molecule has 3 heterocycles. The van der Waals surface area contributed by atoms with E-state index in [1.807, 2.05) is 35.9 Å². The predicted octanol–water partition coefficient (Wildman–Crippen LogP) is 0.607. The number of fused-ring (bicyclic) bond motifs is 1. The minimum atomic E-state index is -0.534. The molecular formula is C15H24N6O. The summed E-state index contributed by atoms with van der Waals surface area (Å²) >= 11 is 0. The first-order valence-corrected chi connectivity index (χ1v) is 7.72. The van der Waals surface area contributed by atoms with Crippen molar-refractivity contribution in [2.75, 3.05) is 27.2 Å². The van der Waals surface area contributed by atoms with Crippen LogP contribution >= 0.6 is 0 Å². The molecule has 0 saturated carbocycles. The van der Waals surface area contributed by atoms with Crippen LogP contribution in [-0.4, -0.2) is 61.8 Å². The van der Waals surface area contributed by atoms with Gasteiger partial charge in [-0.3, -0.25) is 9.58 Å². The standard InChI is InChI=1S/C15H24N6O/c1-19(2)10-14(22)13-8-12-9-20(6-3-7-21(12)18-13)11-15-16-4-5-17-15/h4-5,8,14,22H,3,6-7,9-11H2,1-2H3,(H,16,17)/t14-/m1/s1. The van der Waals surface area contributed by atoms with Gasteiger partial charge in [0.1, 0.15) is 11.9 Å². The average Bonchev–Trinajstić information content (AvgIpc) is 3.05. The molecule has 2 aromatic heterocycles. The maximum Gasteiger partial charge on any atom is 0.120 e. The van der Waals surface area contributed by atoms with Gasteiger partial charge in [0, 0.05) is 38.6 Å². The van der Waals surface area contributed by atoms with Crippen LogP contribution in [0.15, 0.2) is 18.5 Å². The largest absolute Gasteiger partial charge is 0.385 e. The minimum Gasteiger partial charge on any atom is -0.385 e. The summed E-state index contributed by atoms with van der Waals surface area (Å²) in [5, 5.41) is 14.8. The van der Waals surface area contributed by atoms with E-state index in [1.165, 1.54) is 0 Å². The summed E-state index contributed by atoms with van der Waals surface area (Å²) in [6.45, 7) is 4.17. The number of aryl methyl sites for hydroxylation is 1. The van der Waals surface area contributed by atoms with Gasteiger partial charge in [-0.2, -0.15) is 5.10 Å². The van der Waals surface area contributed by atoms with Gasteiger partial charge in [0.25, 0.3) is 0 Å². The average molecular weight is 304 g/mol. The van der Waals surface area contributed by atoms with Crippen molar-refractivity contribution in [1.29, 1.82) is 0 Å². The molecule has 0 amide bonds. The highest BCUT2D eigenvalue weighted by Gasteiger charge is 2.20. The number of likely N-dealkylation sites (N-methyl/N-ethyl adjacent to an activating group) is 1. The molecule has 120 valence electrons. The first-order valence-electron chi connectivity index (χ1n) is 7.72. The molecule has 0 aromatic carbocycles. The van der Waals surface area contributed by atoms with E-state index in [1.54, 1.807) is 6.20 Å². The second-order valence-corrected chi connectivity index (χ2v) is 6.16. The van der Waals surface area contributed by atoms with E-state index in [-0.39, 0.29) is 0 Å². The van der Waals surface area contributed by atoms with Crippen LogP contribution in [0.1, 0.15) is 29.7 Å². The van der Waals surface area contributed by atoms with E-state index in [0.717, 1.165) is 49.8 Å². The summed E-state index contributed by atoms with van der Waals surface area (Å²) in [7, 11) is 3.91. The fourth-order valence-electron chi connectivity index (χ4n) is 2.88. The van der Waals surface area contributed by atoms with E-state index < -0.39 is 6.10 Å². The SMILES string of the molecule is CN(C)C[C@@H](O)c1cc2n(n1)CCCN(Cc1ncc[nH]1)C2. The molecule has 0 unspecified atom stereocenters. The summed E-state index contributed by atoms with van der Waals surface area (Å²) < 4.78 is 2.04. The second kappa shape index (κ2) is 6.60. The Morgan fingerprint density at radius 2 is 2.27 bits per heavy atom. The molecule has 1 aliphatic heterocycles. The lowest BCUT2D eigenvalue weighted by molar-refractivity contribution is 0.133. The lowest BCUT2D eigenvalue weighted by Gasteiger charge is -2.17. The Labute approximate surface area is 130 Å². The summed E-state index contributed by atoms with van der Waals surface area (Å²) in [5.41, 5.74) is 1.93. The summed E-state index contributed by atoms with van der Waals surface area (Å²) in [5.74, 6) is 0.987. The van der Waals surface area contributed by atoms with Crippen molar-refractivity contribution < 1.29 is 5.11 Å². The quantitative estimate of drug-likeness (QED) is 0.846. The van der Waals surface area contributed by atoms with Gasteiger partial charge in [0.15, 0.2) is 0 Å². The molecule has 0 bridgehead atoms. The molecule has 7 nitrogen and oxygen atoms in total. The topological polar surface area (TPSA) is 73.2 Å². The first kappa shape index (κ1) is 15.2. The third-order valence-corrected chi connectivity index (χ3v) is 3.92. The molecular weight excluding hydrogens is 280 g/mol. The highest BCUT2D eigenvalue weighted by atomic mass is 16.3. The second-order valence-electron chi connectivity index (χ2n) is 6.16. The molecule has 0 fully saturated rings. The van der Waals surface area contributed by atoms with E-state index in [4.69, 9.17) is 0 Å². The number of imidazole rings is 1. The van der Waals surface area contributed by atoms with Crippen molar-refractivity contribution in [1.82, 2.24) is 29.5 Å². The zero-order valence-electron chi connectivity index (χ0n) is 13.2. The number of H-pyrrole nitrogens is 1. The maximum atomic E-state index is 10.2. The third-order valence-electron chi connectivity index (χ3n) is 3.92. The highest BCUT2D eigenvalue weighted by molar-refractivity contribution is 5.14. The van der Waals surface area contributed by atoms with Crippen LogP contribution < -0.4 is 0 Å². The van der Waals surface area contributed by atoms with Crippen LogP contribution in [0, 0.1) is 0 Å². The van der Waals surface area contributed by atoms with Crippen molar-refractivity contribution in [2.24, 2.45) is 0 Å². The maximum absolute atomic E-state index is 10.2. The van der Waals surface area contributed by atoms with Crippen molar-refractivity contribution in [3.8, 4) is 0 Å². The third kappa shape index (κ3) is 3.55. The smallest absolute Gasteiger partial charge is 0.120 e. The number of nitrogens with zero attached hydrogens (tertiary/aromatic N) is 5. The lowest BCUT2D eigenvalue weighted by Crippen LogP contribution is -2.23. The predicted molar refractivity (Wildman–Crippen MR) is 83.1 cm³/mol. The number of hydrogen-bond acceptors (Lipinski definition) is 5. The number of aromatic nitrogens is 4. The summed E-state index contributed by atoms with van der Waals surface area (Å²) in [4.78, 5) is 11.8. The Hall–Kier alpha value is -1.70. The molecule has 22 heavy (non-hydrogen) atoms. The van der Waals surface area contributed by atoms with Crippen molar-refractivity contribution >= 4 is 0 Å². The van der Waals surface area contributed by atoms with Gasteiger partial charge in [-0.1, -0.05) is 0 Å². The van der Waals surface area contributed by atoms with E-state index in [0.29, 0.717) is 6.54 Å². The zero-order chi connectivity index (χ0) is 15.5. The molecule has 0 aliphatic carbocycles. The Morgan fingerprint density at radius 1 is 1.41 bits per heavy atom. The highest BCUT2D eigenvalue weighted by Crippen LogP contribution is 2.19. The Morgan fingerprint density at radius 3 is 3.00 bits per heavy atom.